The summed E-state index contributed by atoms with van der Waals surface area (Å²) >= 11 is 1.67. The molecule has 0 bridgehead atoms. The van der Waals surface area contributed by atoms with E-state index in [0.29, 0.717) is 12.5 Å². The lowest BCUT2D eigenvalue weighted by Gasteiger charge is -2.18. The number of carbonyl (C=O) groups excluding carboxylic acids is 1. The zero-order chi connectivity index (χ0) is 13.7. The van der Waals surface area contributed by atoms with Crippen molar-refractivity contribution in [1.29, 1.82) is 0 Å². The fourth-order valence-electron chi connectivity index (χ4n) is 2.57. The van der Waals surface area contributed by atoms with Crippen molar-refractivity contribution < 1.29 is 9.90 Å². The van der Waals surface area contributed by atoms with Gasteiger partial charge in [0.05, 0.1) is 12.6 Å². The Balaban J connectivity index is 1.73. The lowest BCUT2D eigenvalue weighted by atomic mass is 10.1. The summed E-state index contributed by atoms with van der Waals surface area (Å²) in [6, 6.07) is 4.13. The molecule has 0 radical (unpaired) electrons. The van der Waals surface area contributed by atoms with Crippen LogP contribution in [0.5, 0.6) is 0 Å². The van der Waals surface area contributed by atoms with Crippen molar-refractivity contribution in [1.82, 2.24) is 10.2 Å². The molecule has 0 aliphatic carbocycles. The normalized spacial score (nSPS) is 21.5. The van der Waals surface area contributed by atoms with E-state index in [0.717, 1.165) is 25.9 Å². The molecule has 1 saturated heterocycles. The molecule has 0 aromatic carbocycles. The Morgan fingerprint density at radius 2 is 2.53 bits per heavy atom. The number of nitrogens with zero attached hydrogens (tertiary/aromatic N) is 1. The molecule has 0 saturated carbocycles. The van der Waals surface area contributed by atoms with Crippen LogP contribution < -0.4 is 5.32 Å². The third-order valence-corrected chi connectivity index (χ3v) is 4.68. The Labute approximate surface area is 118 Å². The highest BCUT2D eigenvalue weighted by atomic mass is 32.1. The number of amides is 1. The van der Waals surface area contributed by atoms with Crippen molar-refractivity contribution in [3.8, 4) is 0 Å². The van der Waals surface area contributed by atoms with Gasteiger partial charge in [-0.1, -0.05) is 6.07 Å². The number of thiophene rings is 1. The zero-order valence-electron chi connectivity index (χ0n) is 11.3. The topological polar surface area (TPSA) is 52.6 Å². The van der Waals surface area contributed by atoms with E-state index in [2.05, 4.69) is 10.2 Å². The monoisotopic (exact) mass is 282 g/mol. The van der Waals surface area contributed by atoms with Crippen LogP contribution in [-0.2, 0) is 4.79 Å². The highest BCUT2D eigenvalue weighted by molar-refractivity contribution is 7.10. The Kier molecular flexibility index (Phi) is 5.36. The van der Waals surface area contributed by atoms with Gasteiger partial charge in [-0.05, 0) is 43.7 Å². The van der Waals surface area contributed by atoms with E-state index < -0.39 is 0 Å². The van der Waals surface area contributed by atoms with E-state index in [4.69, 9.17) is 5.11 Å². The summed E-state index contributed by atoms with van der Waals surface area (Å²) < 4.78 is 0. The first kappa shape index (κ1) is 14.5. The van der Waals surface area contributed by atoms with Crippen LogP contribution in [-0.4, -0.2) is 42.2 Å². The number of nitrogens with one attached hydrogen (secondary N) is 1. The molecule has 2 rings (SSSR count). The highest BCUT2D eigenvalue weighted by Gasteiger charge is 2.23. The van der Waals surface area contributed by atoms with E-state index in [1.54, 1.807) is 11.3 Å². The minimum absolute atomic E-state index is 0.0864. The average Bonchev–Trinajstić information content (AvgIpc) is 3.00. The van der Waals surface area contributed by atoms with E-state index in [1.807, 2.05) is 24.4 Å². The van der Waals surface area contributed by atoms with Crippen LogP contribution in [0.3, 0.4) is 0 Å². The molecule has 1 amide bonds. The number of carbonyl (C=O) groups is 1. The fourth-order valence-corrected chi connectivity index (χ4v) is 3.31. The van der Waals surface area contributed by atoms with Gasteiger partial charge in [-0.15, -0.1) is 11.3 Å². The molecule has 2 unspecified atom stereocenters. The van der Waals surface area contributed by atoms with Gasteiger partial charge in [-0.25, -0.2) is 0 Å². The molecule has 2 atom stereocenters. The second-order valence-corrected chi connectivity index (χ2v) is 6.19. The lowest BCUT2D eigenvalue weighted by Crippen LogP contribution is -2.37. The van der Waals surface area contributed by atoms with Gasteiger partial charge in [-0.2, -0.15) is 0 Å². The quantitative estimate of drug-likeness (QED) is 0.834. The van der Waals surface area contributed by atoms with E-state index >= 15 is 0 Å². The number of likely N-dealkylation sites (tertiary alicyclic amines) is 1. The first-order valence-corrected chi connectivity index (χ1v) is 7.73. The molecule has 19 heavy (non-hydrogen) atoms. The summed E-state index contributed by atoms with van der Waals surface area (Å²) in [5.41, 5.74) is 0. The van der Waals surface area contributed by atoms with Gasteiger partial charge in [0, 0.05) is 18.0 Å². The fraction of sp³-hybridized carbons (Fsp3) is 0.643. The molecular weight excluding hydrogens is 260 g/mol. The van der Waals surface area contributed by atoms with Gasteiger partial charge in [0.15, 0.2) is 0 Å². The van der Waals surface area contributed by atoms with Gasteiger partial charge < -0.3 is 10.4 Å². The summed E-state index contributed by atoms with van der Waals surface area (Å²) in [5.74, 6) is 0.637. The molecule has 1 fully saturated rings. The van der Waals surface area contributed by atoms with Crippen molar-refractivity contribution in [3.63, 3.8) is 0 Å². The highest BCUT2D eigenvalue weighted by Crippen LogP contribution is 2.20. The number of rotatable bonds is 6. The minimum atomic E-state index is 0.0864. The Bertz CT molecular complexity index is 394. The Morgan fingerprint density at radius 3 is 3.21 bits per heavy atom. The van der Waals surface area contributed by atoms with E-state index in [-0.39, 0.29) is 18.6 Å². The molecule has 5 heteroatoms. The van der Waals surface area contributed by atoms with Crippen LogP contribution in [0.25, 0.3) is 0 Å². The molecule has 1 aliphatic heterocycles. The zero-order valence-corrected chi connectivity index (χ0v) is 12.2. The predicted molar refractivity (Wildman–Crippen MR) is 77.1 cm³/mol. The SMILES string of the molecule is CC(NC(=O)CN1CCC(CCO)C1)c1cccs1. The maximum atomic E-state index is 12.0. The Hall–Kier alpha value is -0.910. The molecule has 1 aliphatic rings. The summed E-state index contributed by atoms with van der Waals surface area (Å²) in [5, 5.41) is 14.0. The summed E-state index contributed by atoms with van der Waals surface area (Å²) in [6.45, 7) is 4.63. The third kappa shape index (κ3) is 4.30. The Morgan fingerprint density at radius 1 is 1.68 bits per heavy atom. The molecule has 0 spiro atoms. The van der Waals surface area contributed by atoms with Crippen molar-refractivity contribution in [2.75, 3.05) is 26.2 Å². The number of hydrogen-bond donors (Lipinski definition) is 2. The molecule has 1 aromatic rings. The van der Waals surface area contributed by atoms with E-state index in [9.17, 15) is 4.79 Å². The number of aliphatic hydroxyl groups excluding tert-OH is 1. The molecule has 2 N–H and O–H groups in total. The van der Waals surface area contributed by atoms with Crippen LogP contribution in [0.1, 0.15) is 30.7 Å². The third-order valence-electron chi connectivity index (χ3n) is 3.62. The van der Waals surface area contributed by atoms with Gasteiger partial charge in [0.25, 0.3) is 0 Å². The maximum Gasteiger partial charge on any atom is 0.234 e. The number of hydrogen-bond acceptors (Lipinski definition) is 4. The summed E-state index contributed by atoms with van der Waals surface area (Å²) in [7, 11) is 0. The average molecular weight is 282 g/mol. The van der Waals surface area contributed by atoms with Crippen LogP contribution in [0.4, 0.5) is 0 Å². The van der Waals surface area contributed by atoms with Gasteiger partial charge in [0.1, 0.15) is 0 Å². The smallest absolute Gasteiger partial charge is 0.234 e. The van der Waals surface area contributed by atoms with Crippen LogP contribution in [0, 0.1) is 5.92 Å². The maximum absolute atomic E-state index is 12.0. The summed E-state index contributed by atoms with van der Waals surface area (Å²) in [4.78, 5) is 15.3. The first-order valence-electron chi connectivity index (χ1n) is 6.85. The van der Waals surface area contributed by atoms with E-state index in [1.165, 1.54) is 4.88 Å². The summed E-state index contributed by atoms with van der Waals surface area (Å²) in [6.07, 6.45) is 1.94. The molecule has 106 valence electrons. The van der Waals surface area contributed by atoms with Crippen molar-refractivity contribution in [2.24, 2.45) is 5.92 Å². The van der Waals surface area contributed by atoms with Crippen LogP contribution >= 0.6 is 11.3 Å². The van der Waals surface area contributed by atoms with Crippen LogP contribution in [0.2, 0.25) is 0 Å². The minimum Gasteiger partial charge on any atom is -0.396 e. The van der Waals surface area contributed by atoms with Gasteiger partial charge in [-0.3, -0.25) is 9.69 Å². The molecule has 1 aromatic heterocycles. The number of aliphatic hydroxyl groups is 1. The lowest BCUT2D eigenvalue weighted by molar-refractivity contribution is -0.122. The van der Waals surface area contributed by atoms with Crippen molar-refractivity contribution >= 4 is 17.2 Å². The van der Waals surface area contributed by atoms with Gasteiger partial charge >= 0.3 is 0 Å². The van der Waals surface area contributed by atoms with Crippen LogP contribution in [0.15, 0.2) is 17.5 Å². The van der Waals surface area contributed by atoms with Crippen molar-refractivity contribution in [2.45, 2.75) is 25.8 Å². The second kappa shape index (κ2) is 7.03. The standard InChI is InChI=1S/C14H22N2O2S/c1-11(13-3-2-8-19-13)15-14(18)10-16-6-4-12(9-16)5-7-17/h2-3,8,11-12,17H,4-7,9-10H2,1H3,(H,15,18). The first-order chi connectivity index (χ1) is 9.19. The largest absolute Gasteiger partial charge is 0.396 e. The molecule has 4 nitrogen and oxygen atoms in total. The van der Waals surface area contributed by atoms with Crippen molar-refractivity contribution in [3.05, 3.63) is 22.4 Å². The van der Waals surface area contributed by atoms with Gasteiger partial charge in [0.2, 0.25) is 5.91 Å². The molecule has 2 heterocycles. The molecular formula is C14H22N2O2S. The predicted octanol–water partition coefficient (Wildman–Crippen LogP) is 1.63. The second-order valence-electron chi connectivity index (χ2n) is 5.21.